The lowest BCUT2D eigenvalue weighted by atomic mass is 9.96. The molecule has 2 rings (SSSR count). The van der Waals surface area contributed by atoms with E-state index in [0.29, 0.717) is 6.54 Å². The zero-order chi connectivity index (χ0) is 14.6. The minimum absolute atomic E-state index is 0.0340. The van der Waals surface area contributed by atoms with Crippen LogP contribution in [0.15, 0.2) is 42.7 Å². The molecule has 1 amide bonds. The van der Waals surface area contributed by atoms with Gasteiger partial charge in [0.1, 0.15) is 5.82 Å². The number of benzene rings is 1. The number of nitrogens with zero attached hydrogens (tertiary/aromatic N) is 2. The van der Waals surface area contributed by atoms with Crippen LogP contribution in [0.3, 0.4) is 0 Å². The van der Waals surface area contributed by atoms with Crippen molar-refractivity contribution >= 4 is 5.91 Å². The number of carbonyl (C=O) groups is 1. The topological polar surface area (TPSA) is 46.9 Å². The number of carbonyl (C=O) groups excluding carboxylic acids is 1. The Hall–Kier alpha value is -2.10. The maximum Gasteiger partial charge on any atom is 0.225 e. The summed E-state index contributed by atoms with van der Waals surface area (Å²) in [6.07, 6.45) is 3.70. The fourth-order valence-electron chi connectivity index (χ4n) is 1.86. The lowest BCUT2D eigenvalue weighted by Gasteiger charge is -2.17. The molecule has 106 valence electrons. The van der Waals surface area contributed by atoms with Crippen LogP contribution in [0.1, 0.15) is 32.2 Å². The third-order valence-electron chi connectivity index (χ3n) is 3.09. The third kappa shape index (κ3) is 3.70. The Balaban J connectivity index is 2.01. The molecule has 0 aliphatic carbocycles. The van der Waals surface area contributed by atoms with Gasteiger partial charge < -0.3 is 9.88 Å². The Kier molecular flexibility index (Phi) is 4.23. The van der Waals surface area contributed by atoms with Gasteiger partial charge in [-0.25, -0.2) is 4.98 Å². The first kappa shape index (κ1) is 14.3. The molecule has 0 atom stereocenters. The van der Waals surface area contributed by atoms with Crippen molar-refractivity contribution in [3.8, 4) is 0 Å². The van der Waals surface area contributed by atoms with Crippen LogP contribution in [-0.4, -0.2) is 15.5 Å². The van der Waals surface area contributed by atoms with Crippen molar-refractivity contribution < 1.29 is 4.79 Å². The van der Waals surface area contributed by atoms with Gasteiger partial charge in [0, 0.05) is 24.4 Å². The molecular weight excluding hydrogens is 250 g/mol. The standard InChI is InChI=1S/C16H21N3O/c1-16(2,3)15(20)18-11-14-17-9-10-19(14)12-13-7-5-4-6-8-13/h4-10H,11-12H2,1-3H3,(H,18,20). The van der Waals surface area contributed by atoms with E-state index in [2.05, 4.69) is 27.0 Å². The molecule has 0 aliphatic rings. The highest BCUT2D eigenvalue weighted by molar-refractivity contribution is 5.81. The van der Waals surface area contributed by atoms with Crippen molar-refractivity contribution in [2.24, 2.45) is 5.41 Å². The smallest absolute Gasteiger partial charge is 0.225 e. The van der Waals surface area contributed by atoms with Gasteiger partial charge in [-0.15, -0.1) is 0 Å². The number of hydrogen-bond acceptors (Lipinski definition) is 2. The highest BCUT2D eigenvalue weighted by Crippen LogP contribution is 2.13. The number of amides is 1. The number of rotatable bonds is 4. The van der Waals surface area contributed by atoms with Crippen LogP contribution in [0, 0.1) is 5.41 Å². The van der Waals surface area contributed by atoms with Crippen LogP contribution >= 0.6 is 0 Å². The molecule has 0 bridgehead atoms. The van der Waals surface area contributed by atoms with Crippen molar-refractivity contribution in [3.05, 3.63) is 54.1 Å². The molecule has 0 saturated carbocycles. The van der Waals surface area contributed by atoms with E-state index >= 15 is 0 Å². The summed E-state index contributed by atoms with van der Waals surface area (Å²) in [6.45, 7) is 6.92. The van der Waals surface area contributed by atoms with Crippen LogP contribution in [0.2, 0.25) is 0 Å². The average molecular weight is 271 g/mol. The largest absolute Gasteiger partial charge is 0.348 e. The first-order valence-electron chi connectivity index (χ1n) is 6.79. The van der Waals surface area contributed by atoms with Gasteiger partial charge >= 0.3 is 0 Å². The van der Waals surface area contributed by atoms with Crippen molar-refractivity contribution in [3.63, 3.8) is 0 Å². The number of nitrogens with one attached hydrogen (secondary N) is 1. The molecule has 0 saturated heterocycles. The Morgan fingerprint density at radius 1 is 1.25 bits per heavy atom. The van der Waals surface area contributed by atoms with Crippen molar-refractivity contribution in [2.75, 3.05) is 0 Å². The molecule has 1 heterocycles. The molecule has 0 radical (unpaired) electrons. The van der Waals surface area contributed by atoms with E-state index < -0.39 is 0 Å². The molecule has 0 fully saturated rings. The fraction of sp³-hybridized carbons (Fsp3) is 0.375. The number of imidazole rings is 1. The highest BCUT2D eigenvalue weighted by atomic mass is 16.2. The summed E-state index contributed by atoms with van der Waals surface area (Å²) in [4.78, 5) is 16.2. The molecule has 0 spiro atoms. The second kappa shape index (κ2) is 5.90. The summed E-state index contributed by atoms with van der Waals surface area (Å²) < 4.78 is 2.05. The summed E-state index contributed by atoms with van der Waals surface area (Å²) in [5, 5.41) is 2.93. The van der Waals surface area contributed by atoms with Gasteiger partial charge in [-0.2, -0.15) is 0 Å². The molecular formula is C16H21N3O. The lowest BCUT2D eigenvalue weighted by Crippen LogP contribution is -2.35. The number of aromatic nitrogens is 2. The van der Waals surface area contributed by atoms with E-state index in [9.17, 15) is 4.79 Å². The molecule has 1 aromatic heterocycles. The summed E-state index contributed by atoms with van der Waals surface area (Å²) >= 11 is 0. The van der Waals surface area contributed by atoms with Gasteiger partial charge in [-0.3, -0.25) is 4.79 Å². The van der Waals surface area contributed by atoms with Gasteiger partial charge in [-0.05, 0) is 5.56 Å². The molecule has 4 nitrogen and oxygen atoms in total. The fourth-order valence-corrected chi connectivity index (χ4v) is 1.86. The third-order valence-corrected chi connectivity index (χ3v) is 3.09. The van der Waals surface area contributed by atoms with Crippen LogP contribution in [0.5, 0.6) is 0 Å². The summed E-state index contributed by atoms with van der Waals surface area (Å²) in [5.74, 6) is 0.901. The number of hydrogen-bond donors (Lipinski definition) is 1. The Morgan fingerprint density at radius 2 is 1.95 bits per heavy atom. The lowest BCUT2D eigenvalue weighted by molar-refractivity contribution is -0.128. The van der Waals surface area contributed by atoms with E-state index in [1.165, 1.54) is 5.56 Å². The first-order valence-corrected chi connectivity index (χ1v) is 6.79. The van der Waals surface area contributed by atoms with Crippen molar-refractivity contribution in [1.29, 1.82) is 0 Å². The van der Waals surface area contributed by atoms with E-state index in [4.69, 9.17) is 0 Å². The van der Waals surface area contributed by atoms with E-state index in [0.717, 1.165) is 12.4 Å². The Morgan fingerprint density at radius 3 is 2.60 bits per heavy atom. The second-order valence-corrected chi connectivity index (χ2v) is 5.89. The SMILES string of the molecule is CC(C)(C)C(=O)NCc1nccn1Cc1ccccc1. The summed E-state index contributed by atoms with van der Waals surface area (Å²) in [6, 6.07) is 10.2. The van der Waals surface area contributed by atoms with Crippen LogP contribution in [0.4, 0.5) is 0 Å². The van der Waals surface area contributed by atoms with E-state index in [1.807, 2.05) is 45.2 Å². The monoisotopic (exact) mass is 271 g/mol. The maximum atomic E-state index is 11.9. The van der Waals surface area contributed by atoms with Gasteiger partial charge in [-0.1, -0.05) is 51.1 Å². The van der Waals surface area contributed by atoms with Crippen LogP contribution in [-0.2, 0) is 17.9 Å². The average Bonchev–Trinajstić information content (AvgIpc) is 2.83. The van der Waals surface area contributed by atoms with E-state index in [-0.39, 0.29) is 11.3 Å². The Bertz CT molecular complexity index is 567. The normalized spacial score (nSPS) is 11.3. The molecule has 20 heavy (non-hydrogen) atoms. The highest BCUT2D eigenvalue weighted by Gasteiger charge is 2.21. The van der Waals surface area contributed by atoms with Crippen molar-refractivity contribution in [1.82, 2.24) is 14.9 Å². The maximum absolute atomic E-state index is 11.9. The molecule has 1 N–H and O–H groups in total. The molecule has 0 aliphatic heterocycles. The summed E-state index contributed by atoms with van der Waals surface area (Å²) in [5.41, 5.74) is 0.838. The predicted molar refractivity (Wildman–Crippen MR) is 79.1 cm³/mol. The van der Waals surface area contributed by atoms with Crippen LogP contribution < -0.4 is 5.32 Å². The molecule has 0 unspecified atom stereocenters. The minimum atomic E-state index is -0.378. The van der Waals surface area contributed by atoms with E-state index in [1.54, 1.807) is 6.20 Å². The van der Waals surface area contributed by atoms with Crippen molar-refractivity contribution in [2.45, 2.75) is 33.9 Å². The van der Waals surface area contributed by atoms with Gasteiger partial charge in [0.05, 0.1) is 6.54 Å². The first-order chi connectivity index (χ1) is 9.47. The Labute approximate surface area is 119 Å². The molecule has 2 aromatic rings. The predicted octanol–water partition coefficient (Wildman–Crippen LogP) is 2.59. The van der Waals surface area contributed by atoms with Gasteiger partial charge in [0.2, 0.25) is 5.91 Å². The quantitative estimate of drug-likeness (QED) is 0.929. The second-order valence-electron chi connectivity index (χ2n) is 5.89. The van der Waals surface area contributed by atoms with Gasteiger partial charge in [0.15, 0.2) is 0 Å². The van der Waals surface area contributed by atoms with Gasteiger partial charge in [0.25, 0.3) is 0 Å². The molecule has 4 heteroatoms. The van der Waals surface area contributed by atoms with Crippen LogP contribution in [0.25, 0.3) is 0 Å². The zero-order valence-electron chi connectivity index (χ0n) is 12.3. The minimum Gasteiger partial charge on any atom is -0.348 e. The zero-order valence-corrected chi connectivity index (χ0v) is 12.3. The summed E-state index contributed by atoms with van der Waals surface area (Å²) in [7, 11) is 0. The molecule has 1 aromatic carbocycles.